The lowest BCUT2D eigenvalue weighted by Crippen LogP contribution is -2.41. The molecule has 0 atom stereocenters. The summed E-state index contributed by atoms with van der Waals surface area (Å²) in [5, 5.41) is 3.24. The van der Waals surface area contributed by atoms with Crippen molar-refractivity contribution in [3.63, 3.8) is 0 Å². The predicted molar refractivity (Wildman–Crippen MR) is 79.2 cm³/mol. The van der Waals surface area contributed by atoms with Gasteiger partial charge in [-0.1, -0.05) is 0 Å². The van der Waals surface area contributed by atoms with Crippen LogP contribution < -0.4 is 16.6 Å². The Kier molecular flexibility index (Phi) is 7.91. The summed E-state index contributed by atoms with van der Waals surface area (Å²) < 4.78 is 8.05. The molecule has 1 N–H and O–H groups in total. The van der Waals surface area contributed by atoms with Crippen LogP contribution >= 0.6 is 0 Å². The first-order valence-electron chi connectivity index (χ1n) is 7.29. The first-order valence-corrected chi connectivity index (χ1v) is 7.29. The zero-order valence-electron chi connectivity index (χ0n) is 12.4. The minimum atomic E-state index is -0.238. The van der Waals surface area contributed by atoms with Gasteiger partial charge in [-0.2, -0.15) is 0 Å². The Hall–Kier alpha value is -1.40. The molecule has 0 amide bonds. The summed E-state index contributed by atoms with van der Waals surface area (Å²) in [5.74, 6) is 0. The quantitative estimate of drug-likeness (QED) is 0.633. The Morgan fingerprint density at radius 3 is 2.70 bits per heavy atom. The molecular weight excluding hydrogens is 258 g/mol. The van der Waals surface area contributed by atoms with Crippen LogP contribution in [0.15, 0.2) is 21.9 Å². The average molecular weight is 283 g/mol. The molecule has 1 heterocycles. The number of aromatic nitrogens is 2. The molecule has 0 aliphatic rings. The zero-order chi connectivity index (χ0) is 14.8. The summed E-state index contributed by atoms with van der Waals surface area (Å²) in [5.41, 5.74) is -0.476. The second-order valence-electron chi connectivity index (χ2n) is 4.53. The van der Waals surface area contributed by atoms with Gasteiger partial charge in [0.15, 0.2) is 0 Å². The number of hydrogen-bond acceptors (Lipinski definition) is 4. The predicted octanol–water partition coefficient (Wildman–Crippen LogP) is 0.436. The molecule has 0 aliphatic carbocycles. The summed E-state index contributed by atoms with van der Waals surface area (Å²) in [6, 6.07) is 1.44. The van der Waals surface area contributed by atoms with Gasteiger partial charge in [0, 0.05) is 45.1 Å². The highest BCUT2D eigenvalue weighted by Crippen LogP contribution is 1.88. The van der Waals surface area contributed by atoms with E-state index in [1.807, 2.05) is 13.8 Å². The van der Waals surface area contributed by atoms with Gasteiger partial charge < -0.3 is 14.6 Å². The molecule has 1 rings (SSSR count). The summed E-state index contributed by atoms with van der Waals surface area (Å²) in [7, 11) is 0. The highest BCUT2D eigenvalue weighted by Gasteiger charge is 2.03. The monoisotopic (exact) mass is 283 g/mol. The second kappa shape index (κ2) is 9.50. The summed E-state index contributed by atoms with van der Waals surface area (Å²) >= 11 is 0. The van der Waals surface area contributed by atoms with Gasteiger partial charge in [0.1, 0.15) is 0 Å². The number of aryl methyl sites for hydroxylation is 1. The van der Waals surface area contributed by atoms with Crippen molar-refractivity contribution < 1.29 is 4.74 Å². The van der Waals surface area contributed by atoms with Gasteiger partial charge in [-0.15, -0.1) is 0 Å². The molecule has 0 bridgehead atoms. The van der Waals surface area contributed by atoms with Crippen LogP contribution in [-0.4, -0.2) is 35.4 Å². The SMILES string of the molecule is CCOCCCCNCCn1c(=O)ccn(CC)c1=O. The summed E-state index contributed by atoms with van der Waals surface area (Å²) in [6.45, 7) is 7.89. The number of nitrogens with one attached hydrogen (secondary N) is 1. The Bertz CT molecular complexity index is 493. The van der Waals surface area contributed by atoms with E-state index in [-0.39, 0.29) is 11.2 Å². The smallest absolute Gasteiger partial charge is 0.330 e. The molecule has 20 heavy (non-hydrogen) atoms. The summed E-state index contributed by atoms with van der Waals surface area (Å²) in [4.78, 5) is 23.6. The molecule has 0 radical (unpaired) electrons. The van der Waals surface area contributed by atoms with Crippen LogP contribution in [0.4, 0.5) is 0 Å². The van der Waals surface area contributed by atoms with Gasteiger partial charge in [0.2, 0.25) is 0 Å². The molecule has 1 aromatic rings. The van der Waals surface area contributed by atoms with E-state index in [1.165, 1.54) is 15.2 Å². The Morgan fingerprint density at radius 2 is 2.00 bits per heavy atom. The van der Waals surface area contributed by atoms with Gasteiger partial charge >= 0.3 is 5.69 Å². The van der Waals surface area contributed by atoms with E-state index in [4.69, 9.17) is 4.74 Å². The fourth-order valence-corrected chi connectivity index (χ4v) is 1.92. The zero-order valence-corrected chi connectivity index (χ0v) is 12.4. The lowest BCUT2D eigenvalue weighted by molar-refractivity contribution is 0.143. The van der Waals surface area contributed by atoms with Crippen molar-refractivity contribution in [2.24, 2.45) is 0 Å². The van der Waals surface area contributed by atoms with E-state index >= 15 is 0 Å². The third-order valence-corrected chi connectivity index (χ3v) is 3.09. The van der Waals surface area contributed by atoms with Gasteiger partial charge in [0.25, 0.3) is 5.56 Å². The van der Waals surface area contributed by atoms with Crippen LogP contribution in [0, 0.1) is 0 Å². The Morgan fingerprint density at radius 1 is 1.20 bits per heavy atom. The van der Waals surface area contributed by atoms with Crippen molar-refractivity contribution in [3.05, 3.63) is 33.1 Å². The minimum absolute atomic E-state index is 0.238. The number of ether oxygens (including phenoxy) is 1. The molecule has 6 nitrogen and oxygen atoms in total. The third-order valence-electron chi connectivity index (χ3n) is 3.09. The van der Waals surface area contributed by atoms with Gasteiger partial charge in [-0.3, -0.25) is 9.36 Å². The lowest BCUT2D eigenvalue weighted by Gasteiger charge is -2.09. The van der Waals surface area contributed by atoms with Crippen LogP contribution in [0.2, 0.25) is 0 Å². The maximum absolute atomic E-state index is 11.9. The third kappa shape index (κ3) is 5.30. The highest BCUT2D eigenvalue weighted by molar-refractivity contribution is 4.86. The first-order chi connectivity index (χ1) is 9.70. The lowest BCUT2D eigenvalue weighted by atomic mass is 10.3. The van der Waals surface area contributed by atoms with E-state index in [1.54, 1.807) is 6.20 Å². The standard InChI is InChI=1S/C14H25N3O3/c1-3-16-10-7-13(18)17(14(16)19)11-9-15-8-5-6-12-20-4-2/h7,10,15H,3-6,8-9,11-12H2,1-2H3. The molecular formula is C14H25N3O3. The number of nitrogens with zero attached hydrogens (tertiary/aromatic N) is 2. The van der Waals surface area contributed by atoms with E-state index in [0.29, 0.717) is 19.6 Å². The average Bonchev–Trinajstić information content (AvgIpc) is 2.45. The van der Waals surface area contributed by atoms with Crippen molar-refractivity contribution in [3.8, 4) is 0 Å². The first kappa shape index (κ1) is 16.7. The fourth-order valence-electron chi connectivity index (χ4n) is 1.92. The fraction of sp³-hybridized carbons (Fsp3) is 0.714. The van der Waals surface area contributed by atoms with Crippen LogP contribution in [0.1, 0.15) is 26.7 Å². The molecule has 0 fully saturated rings. The molecule has 0 unspecified atom stereocenters. The van der Waals surface area contributed by atoms with Gasteiger partial charge in [0.05, 0.1) is 0 Å². The normalized spacial score (nSPS) is 10.9. The topological polar surface area (TPSA) is 65.3 Å². The van der Waals surface area contributed by atoms with Crippen LogP contribution in [0.3, 0.4) is 0 Å². The van der Waals surface area contributed by atoms with Crippen LogP contribution in [0.25, 0.3) is 0 Å². The largest absolute Gasteiger partial charge is 0.382 e. The van der Waals surface area contributed by atoms with Crippen molar-refractivity contribution in [1.29, 1.82) is 0 Å². The van der Waals surface area contributed by atoms with Crippen LogP contribution in [0.5, 0.6) is 0 Å². The van der Waals surface area contributed by atoms with Gasteiger partial charge in [-0.05, 0) is 33.2 Å². The molecule has 6 heteroatoms. The maximum atomic E-state index is 11.9. The molecule has 114 valence electrons. The van der Waals surface area contributed by atoms with Crippen molar-refractivity contribution in [2.45, 2.75) is 39.8 Å². The minimum Gasteiger partial charge on any atom is -0.382 e. The van der Waals surface area contributed by atoms with E-state index in [9.17, 15) is 9.59 Å². The van der Waals surface area contributed by atoms with E-state index < -0.39 is 0 Å². The van der Waals surface area contributed by atoms with Crippen molar-refractivity contribution in [2.75, 3.05) is 26.3 Å². The number of hydrogen-bond donors (Lipinski definition) is 1. The molecule has 1 aromatic heterocycles. The van der Waals surface area contributed by atoms with Crippen LogP contribution in [-0.2, 0) is 17.8 Å². The number of rotatable bonds is 10. The van der Waals surface area contributed by atoms with E-state index in [0.717, 1.165) is 32.6 Å². The Labute approximate surface area is 119 Å². The maximum Gasteiger partial charge on any atom is 0.330 e. The highest BCUT2D eigenvalue weighted by atomic mass is 16.5. The van der Waals surface area contributed by atoms with Gasteiger partial charge in [-0.25, -0.2) is 4.79 Å². The van der Waals surface area contributed by atoms with E-state index in [2.05, 4.69) is 5.32 Å². The molecule has 0 aliphatic heterocycles. The number of unbranched alkanes of at least 4 members (excludes halogenated alkanes) is 1. The van der Waals surface area contributed by atoms with Crippen molar-refractivity contribution in [1.82, 2.24) is 14.5 Å². The van der Waals surface area contributed by atoms with Crippen molar-refractivity contribution >= 4 is 0 Å². The molecule has 0 spiro atoms. The molecule has 0 saturated heterocycles. The Balaban J connectivity index is 2.32. The summed E-state index contributed by atoms with van der Waals surface area (Å²) in [6.07, 6.45) is 3.60. The second-order valence-corrected chi connectivity index (χ2v) is 4.53. The molecule has 0 aromatic carbocycles. The molecule has 0 saturated carbocycles.